The predicted octanol–water partition coefficient (Wildman–Crippen LogP) is 2.14. The molecule has 0 saturated carbocycles. The number of fused-ring (bicyclic) bond motifs is 3. The monoisotopic (exact) mass is 405 g/mol. The number of morpholine rings is 1. The molecule has 1 unspecified atom stereocenters. The van der Waals surface area contributed by atoms with Crippen molar-refractivity contribution in [2.24, 2.45) is 7.05 Å². The minimum atomic E-state index is -0.113. The summed E-state index contributed by atoms with van der Waals surface area (Å²) in [6.45, 7) is 1.25. The molecule has 8 heteroatoms. The molecule has 0 bridgehead atoms. The van der Waals surface area contributed by atoms with Gasteiger partial charge in [0.25, 0.3) is 5.56 Å². The number of aryl methyl sites for hydroxylation is 1. The van der Waals surface area contributed by atoms with Crippen molar-refractivity contribution >= 4 is 5.95 Å². The van der Waals surface area contributed by atoms with Crippen molar-refractivity contribution in [1.82, 2.24) is 19.5 Å². The Kier molecular flexibility index (Phi) is 4.71. The fourth-order valence-electron chi connectivity index (χ4n) is 4.44. The molecule has 8 nitrogen and oxygen atoms in total. The van der Waals surface area contributed by atoms with Crippen LogP contribution in [0.4, 0.5) is 5.95 Å². The number of nitrogens with zero attached hydrogens (tertiary/aromatic N) is 5. The average Bonchev–Trinajstić information content (AvgIpc) is 2.80. The fraction of sp³-hybridized carbons (Fsp3) is 0.364. The van der Waals surface area contributed by atoms with Crippen LogP contribution in [0.5, 0.6) is 5.75 Å². The van der Waals surface area contributed by atoms with E-state index in [-0.39, 0.29) is 17.7 Å². The molecule has 5 rings (SSSR count). The van der Waals surface area contributed by atoms with E-state index in [1.165, 1.54) is 23.5 Å². The van der Waals surface area contributed by atoms with Crippen molar-refractivity contribution in [3.8, 4) is 17.1 Å². The van der Waals surface area contributed by atoms with Crippen LogP contribution in [0.1, 0.15) is 23.7 Å². The molecule has 0 radical (unpaired) electrons. The highest BCUT2D eigenvalue weighted by molar-refractivity contribution is 5.55. The quantitative estimate of drug-likeness (QED) is 0.660. The molecule has 3 heterocycles. The Hall–Kier alpha value is -3.26. The molecule has 1 aliphatic heterocycles. The number of hydrogen-bond donors (Lipinski definition) is 0. The summed E-state index contributed by atoms with van der Waals surface area (Å²) in [5, 5.41) is 0. The van der Waals surface area contributed by atoms with Gasteiger partial charge in [0.05, 0.1) is 31.1 Å². The molecule has 154 valence electrons. The van der Waals surface area contributed by atoms with Crippen molar-refractivity contribution in [1.29, 1.82) is 0 Å². The number of rotatable bonds is 3. The van der Waals surface area contributed by atoms with E-state index < -0.39 is 0 Å². The molecule has 30 heavy (non-hydrogen) atoms. The van der Waals surface area contributed by atoms with Crippen molar-refractivity contribution in [2.75, 3.05) is 25.2 Å². The van der Waals surface area contributed by atoms with E-state index in [0.717, 1.165) is 18.6 Å². The maximum absolute atomic E-state index is 12.7. The van der Waals surface area contributed by atoms with Crippen LogP contribution in [0.15, 0.2) is 47.7 Å². The highest BCUT2D eigenvalue weighted by Gasteiger charge is 2.39. The third kappa shape index (κ3) is 3.13. The van der Waals surface area contributed by atoms with Crippen molar-refractivity contribution in [3.05, 3.63) is 64.3 Å². The van der Waals surface area contributed by atoms with Gasteiger partial charge in [0.2, 0.25) is 5.95 Å². The Bertz CT molecular complexity index is 1130. The number of ether oxygens (including phenoxy) is 2. The summed E-state index contributed by atoms with van der Waals surface area (Å²) in [6, 6.07) is 9.56. The van der Waals surface area contributed by atoms with Crippen molar-refractivity contribution < 1.29 is 9.47 Å². The zero-order valence-electron chi connectivity index (χ0n) is 17.0. The summed E-state index contributed by atoms with van der Waals surface area (Å²) in [6.07, 6.45) is 4.89. The summed E-state index contributed by atoms with van der Waals surface area (Å²) >= 11 is 0. The zero-order valence-corrected chi connectivity index (χ0v) is 17.0. The van der Waals surface area contributed by atoms with Gasteiger partial charge >= 0.3 is 0 Å². The molecular formula is C22H23N5O3. The van der Waals surface area contributed by atoms with Crippen LogP contribution < -0.4 is 15.2 Å². The van der Waals surface area contributed by atoms with Crippen LogP contribution in [-0.2, 0) is 18.2 Å². The molecule has 0 N–H and O–H groups in total. The molecule has 1 fully saturated rings. The lowest BCUT2D eigenvalue weighted by Gasteiger charge is -2.45. The average molecular weight is 405 g/mol. The fourth-order valence-corrected chi connectivity index (χ4v) is 4.44. The first-order chi connectivity index (χ1) is 14.7. The molecule has 1 aromatic carbocycles. The molecule has 1 saturated heterocycles. The molecule has 2 aromatic heterocycles. The first-order valence-corrected chi connectivity index (χ1v) is 10.0. The van der Waals surface area contributed by atoms with Gasteiger partial charge in [0.15, 0.2) is 0 Å². The minimum Gasteiger partial charge on any atom is -0.497 e. The number of aromatic nitrogens is 4. The van der Waals surface area contributed by atoms with E-state index in [4.69, 9.17) is 14.5 Å². The van der Waals surface area contributed by atoms with E-state index in [1.807, 2.05) is 6.07 Å². The summed E-state index contributed by atoms with van der Waals surface area (Å²) in [5.74, 6) is 1.51. The Morgan fingerprint density at radius 2 is 2.10 bits per heavy atom. The zero-order chi connectivity index (χ0) is 20.7. The first-order valence-electron chi connectivity index (χ1n) is 10.0. The highest BCUT2D eigenvalue weighted by Crippen LogP contribution is 2.40. The lowest BCUT2D eigenvalue weighted by atomic mass is 9.84. The Morgan fingerprint density at radius 3 is 2.90 bits per heavy atom. The summed E-state index contributed by atoms with van der Waals surface area (Å²) in [7, 11) is 3.45. The molecule has 0 spiro atoms. The summed E-state index contributed by atoms with van der Waals surface area (Å²) in [5.41, 5.74) is 3.52. The van der Waals surface area contributed by atoms with Crippen LogP contribution in [0.25, 0.3) is 11.4 Å². The number of methoxy groups -OCH3 is 1. The van der Waals surface area contributed by atoms with Gasteiger partial charge < -0.3 is 14.4 Å². The van der Waals surface area contributed by atoms with E-state index in [1.54, 1.807) is 31.0 Å². The maximum Gasteiger partial charge on any atom is 0.255 e. The van der Waals surface area contributed by atoms with E-state index in [2.05, 4.69) is 27.0 Å². The lowest BCUT2D eigenvalue weighted by Crippen LogP contribution is -2.51. The lowest BCUT2D eigenvalue weighted by molar-refractivity contribution is 0.00172. The van der Waals surface area contributed by atoms with Crippen molar-refractivity contribution in [2.45, 2.75) is 25.0 Å². The van der Waals surface area contributed by atoms with Gasteiger partial charge in [-0.25, -0.2) is 15.0 Å². The largest absolute Gasteiger partial charge is 0.497 e. The Labute approximate surface area is 174 Å². The summed E-state index contributed by atoms with van der Waals surface area (Å²) < 4.78 is 13.2. The predicted molar refractivity (Wildman–Crippen MR) is 112 cm³/mol. The third-order valence-electron chi connectivity index (χ3n) is 5.96. The van der Waals surface area contributed by atoms with Crippen LogP contribution in [0.2, 0.25) is 0 Å². The van der Waals surface area contributed by atoms with Crippen LogP contribution >= 0.6 is 0 Å². The van der Waals surface area contributed by atoms with Crippen LogP contribution in [0, 0.1) is 0 Å². The molecule has 3 aromatic rings. The van der Waals surface area contributed by atoms with Gasteiger partial charge in [-0.05, 0) is 42.2 Å². The standard InChI is InChI=1S/C22H23N5O3/c1-26-20(28)12-18(17-7-8-23-13-24-17)25-22(26)27-9-10-30-21-16-5-4-15(29-2)11-14(16)3-6-19(21)27/h4-5,7-8,11-13,19,21H,3,6,9-10H2,1-2H3/t19-,21?/m0/s1. The van der Waals surface area contributed by atoms with E-state index in [9.17, 15) is 4.79 Å². The molecule has 1 aliphatic carbocycles. The van der Waals surface area contributed by atoms with Crippen molar-refractivity contribution in [3.63, 3.8) is 0 Å². The number of benzene rings is 1. The normalized spacial score (nSPS) is 20.4. The van der Waals surface area contributed by atoms with E-state index >= 15 is 0 Å². The highest BCUT2D eigenvalue weighted by atomic mass is 16.5. The van der Waals surface area contributed by atoms with E-state index in [0.29, 0.717) is 30.5 Å². The second-order valence-corrected chi connectivity index (χ2v) is 7.59. The molecule has 0 amide bonds. The molecular weight excluding hydrogens is 382 g/mol. The topological polar surface area (TPSA) is 82.4 Å². The summed E-state index contributed by atoms with van der Waals surface area (Å²) in [4.78, 5) is 28.0. The molecule has 2 aliphatic rings. The maximum atomic E-state index is 12.7. The number of hydrogen-bond acceptors (Lipinski definition) is 7. The Balaban J connectivity index is 1.55. The van der Waals surface area contributed by atoms with Gasteiger partial charge in [-0.1, -0.05) is 6.07 Å². The Morgan fingerprint density at radius 1 is 1.20 bits per heavy atom. The molecule has 2 atom stereocenters. The number of anilines is 1. The van der Waals surface area contributed by atoms with Crippen LogP contribution in [0.3, 0.4) is 0 Å². The minimum absolute atomic E-state index is 0.0620. The SMILES string of the molecule is COc1ccc2c(c1)CC[C@H]1C2OCCN1c1nc(-c2ccncn2)cc(=O)n1C. The second-order valence-electron chi connectivity index (χ2n) is 7.59. The van der Waals surface area contributed by atoms with Gasteiger partial charge in [-0.3, -0.25) is 9.36 Å². The first kappa shape index (κ1) is 18.7. The van der Waals surface area contributed by atoms with Gasteiger partial charge in [0, 0.05) is 25.9 Å². The second kappa shape index (κ2) is 7.53. The van der Waals surface area contributed by atoms with Crippen LogP contribution in [-0.4, -0.2) is 45.8 Å². The van der Waals surface area contributed by atoms with Gasteiger partial charge in [-0.15, -0.1) is 0 Å². The third-order valence-corrected chi connectivity index (χ3v) is 5.96. The smallest absolute Gasteiger partial charge is 0.255 e. The van der Waals surface area contributed by atoms with Gasteiger partial charge in [0.1, 0.15) is 18.2 Å². The van der Waals surface area contributed by atoms with Gasteiger partial charge in [-0.2, -0.15) is 0 Å².